The molecular weight excluding hydrogens is 472 g/mol. The number of hydrogen-bond acceptors (Lipinski definition) is 7. The number of nitrogens with zero attached hydrogens (tertiary/aromatic N) is 4. The molecule has 3 aliphatic rings. The quantitative estimate of drug-likeness (QED) is 0.341. The highest BCUT2D eigenvalue weighted by Crippen LogP contribution is 2.35. The van der Waals surface area contributed by atoms with Crippen LogP contribution in [0.15, 0.2) is 47.4 Å². The molecule has 0 radical (unpaired) electrons. The summed E-state index contributed by atoms with van der Waals surface area (Å²) < 4.78 is 28.1. The van der Waals surface area contributed by atoms with Crippen molar-refractivity contribution in [2.45, 2.75) is 30.6 Å². The molecule has 0 aliphatic carbocycles. The van der Waals surface area contributed by atoms with E-state index in [-0.39, 0.29) is 28.3 Å². The fourth-order valence-corrected chi connectivity index (χ4v) is 6.92. The molecule has 11 heteroatoms. The topological polar surface area (TPSA) is 121 Å². The maximum atomic E-state index is 13.3. The summed E-state index contributed by atoms with van der Waals surface area (Å²) >= 11 is 0. The Hall–Kier alpha value is -3.31. The number of carbonyl (C=O) groups is 2. The van der Waals surface area contributed by atoms with Gasteiger partial charge in [-0.05, 0) is 49.8 Å². The predicted octanol–water partition coefficient (Wildman–Crippen LogP) is 2.89. The van der Waals surface area contributed by atoms with Gasteiger partial charge in [-0.1, -0.05) is 12.1 Å². The van der Waals surface area contributed by atoms with Crippen molar-refractivity contribution in [2.24, 2.45) is 5.92 Å². The van der Waals surface area contributed by atoms with Crippen molar-refractivity contribution in [1.82, 2.24) is 9.21 Å². The average Bonchev–Trinajstić information content (AvgIpc) is 3.49. The van der Waals surface area contributed by atoms with Crippen molar-refractivity contribution in [3.05, 3.63) is 63.7 Å². The number of rotatable bonds is 6. The minimum absolute atomic E-state index is 0.0348. The van der Waals surface area contributed by atoms with Crippen LogP contribution in [0, 0.1) is 16.0 Å². The van der Waals surface area contributed by atoms with Crippen molar-refractivity contribution >= 4 is 33.2 Å². The van der Waals surface area contributed by atoms with Gasteiger partial charge in [0, 0.05) is 44.9 Å². The third-order valence-corrected chi connectivity index (χ3v) is 9.04. The molecule has 2 saturated heterocycles. The maximum absolute atomic E-state index is 13.3. The second-order valence-electron chi connectivity index (χ2n) is 9.22. The van der Waals surface area contributed by atoms with Gasteiger partial charge in [0.2, 0.25) is 10.0 Å². The molecular formula is C24H26N4O6S. The summed E-state index contributed by atoms with van der Waals surface area (Å²) in [6.45, 7) is 2.18. The number of benzene rings is 2. The standard InChI is InChI=1S/C24H26N4O6S/c29-23-19-5-1-2-6-20(19)24(30)27(23)16-17-9-13-25(14-10-17)21-8-7-18(28(31)32)15-22(21)35(33,34)26-11-3-4-12-26/h1-2,5-8,15,17H,3-4,9-14,16H2. The van der Waals surface area contributed by atoms with Crippen LogP contribution in [0.3, 0.4) is 0 Å². The first-order valence-corrected chi connectivity index (χ1v) is 13.2. The molecule has 3 heterocycles. The molecule has 0 aromatic heterocycles. The van der Waals surface area contributed by atoms with E-state index in [9.17, 15) is 28.1 Å². The fourth-order valence-electron chi connectivity index (χ4n) is 5.17. The Balaban J connectivity index is 1.33. The zero-order valence-corrected chi connectivity index (χ0v) is 19.9. The SMILES string of the molecule is O=C1c2ccccc2C(=O)N1CC1CCN(c2ccc([N+](=O)[O-])cc2S(=O)(=O)N2CCCC2)CC1. The van der Waals surface area contributed by atoms with Crippen LogP contribution >= 0.6 is 0 Å². The summed E-state index contributed by atoms with van der Waals surface area (Å²) in [5.41, 5.74) is 1.06. The lowest BCUT2D eigenvalue weighted by Gasteiger charge is -2.36. The maximum Gasteiger partial charge on any atom is 0.270 e. The third-order valence-electron chi connectivity index (χ3n) is 7.11. The number of fused-ring (bicyclic) bond motifs is 1. The van der Waals surface area contributed by atoms with Gasteiger partial charge in [-0.25, -0.2) is 8.42 Å². The number of nitro groups is 1. The first kappa shape index (κ1) is 23.4. The van der Waals surface area contributed by atoms with Crippen LogP contribution in [-0.4, -0.2) is 67.1 Å². The second-order valence-corrected chi connectivity index (χ2v) is 11.1. The monoisotopic (exact) mass is 498 g/mol. The molecule has 5 rings (SSSR count). The molecule has 0 saturated carbocycles. The summed E-state index contributed by atoms with van der Waals surface area (Å²) in [5.74, 6) is -0.463. The Kier molecular flexibility index (Phi) is 6.06. The van der Waals surface area contributed by atoms with Gasteiger partial charge in [-0.2, -0.15) is 4.31 Å². The molecule has 2 aromatic carbocycles. The minimum atomic E-state index is -3.86. The lowest BCUT2D eigenvalue weighted by molar-refractivity contribution is -0.385. The Morgan fingerprint density at radius 3 is 2.09 bits per heavy atom. The molecule has 0 bridgehead atoms. The smallest absolute Gasteiger partial charge is 0.270 e. The highest BCUT2D eigenvalue weighted by atomic mass is 32.2. The van der Waals surface area contributed by atoms with Crippen LogP contribution in [0.1, 0.15) is 46.4 Å². The fraction of sp³-hybridized carbons (Fsp3) is 0.417. The number of nitro benzene ring substituents is 1. The number of piperidine rings is 1. The Morgan fingerprint density at radius 2 is 1.51 bits per heavy atom. The zero-order valence-electron chi connectivity index (χ0n) is 19.1. The van der Waals surface area contributed by atoms with Crippen molar-refractivity contribution in [3.63, 3.8) is 0 Å². The first-order valence-electron chi connectivity index (χ1n) is 11.8. The van der Waals surface area contributed by atoms with Gasteiger partial charge in [0.05, 0.1) is 21.7 Å². The van der Waals surface area contributed by atoms with E-state index in [0.717, 1.165) is 18.9 Å². The number of non-ortho nitro benzene ring substituents is 1. The van der Waals surface area contributed by atoms with Crippen LogP contribution in [0.2, 0.25) is 0 Å². The van der Waals surface area contributed by atoms with E-state index in [1.807, 2.05) is 4.90 Å². The highest BCUT2D eigenvalue weighted by molar-refractivity contribution is 7.89. The molecule has 2 fully saturated rings. The number of hydrogen-bond donors (Lipinski definition) is 0. The van der Waals surface area contributed by atoms with Gasteiger partial charge in [-0.3, -0.25) is 24.6 Å². The van der Waals surface area contributed by atoms with Crippen molar-refractivity contribution in [1.29, 1.82) is 0 Å². The molecule has 3 aliphatic heterocycles. The van der Waals surface area contributed by atoms with Crippen LogP contribution in [0.4, 0.5) is 11.4 Å². The number of anilines is 1. The largest absolute Gasteiger partial charge is 0.370 e. The number of imide groups is 1. The highest BCUT2D eigenvalue weighted by Gasteiger charge is 2.38. The molecule has 184 valence electrons. The van der Waals surface area contributed by atoms with E-state index in [1.165, 1.54) is 21.3 Å². The van der Waals surface area contributed by atoms with Gasteiger partial charge in [0.1, 0.15) is 4.90 Å². The predicted molar refractivity (Wildman–Crippen MR) is 128 cm³/mol. The summed E-state index contributed by atoms with van der Waals surface area (Å²) in [4.78, 5) is 39.4. The van der Waals surface area contributed by atoms with Crippen LogP contribution in [-0.2, 0) is 10.0 Å². The molecule has 0 spiro atoms. The van der Waals surface area contributed by atoms with E-state index in [2.05, 4.69) is 0 Å². The van der Waals surface area contributed by atoms with Gasteiger partial charge in [-0.15, -0.1) is 0 Å². The van der Waals surface area contributed by atoms with E-state index in [1.54, 1.807) is 24.3 Å². The number of sulfonamides is 1. The average molecular weight is 499 g/mol. The van der Waals surface area contributed by atoms with Gasteiger partial charge >= 0.3 is 0 Å². The van der Waals surface area contributed by atoms with E-state index >= 15 is 0 Å². The third kappa shape index (κ3) is 4.19. The minimum Gasteiger partial charge on any atom is -0.370 e. The van der Waals surface area contributed by atoms with Gasteiger partial charge in [0.15, 0.2) is 0 Å². The summed E-state index contributed by atoms with van der Waals surface area (Å²) in [6, 6.07) is 10.8. The Labute approximate surface area is 203 Å². The second kappa shape index (κ2) is 9.04. The van der Waals surface area contributed by atoms with Crippen molar-refractivity contribution in [2.75, 3.05) is 37.6 Å². The van der Waals surface area contributed by atoms with Crippen LogP contribution in [0.5, 0.6) is 0 Å². The van der Waals surface area contributed by atoms with Gasteiger partial charge < -0.3 is 4.90 Å². The van der Waals surface area contributed by atoms with Crippen LogP contribution < -0.4 is 4.90 Å². The molecule has 0 atom stereocenters. The van der Waals surface area contributed by atoms with E-state index in [0.29, 0.717) is 62.4 Å². The van der Waals surface area contributed by atoms with Crippen LogP contribution in [0.25, 0.3) is 0 Å². The first-order chi connectivity index (χ1) is 16.8. The summed E-state index contributed by atoms with van der Waals surface area (Å²) in [7, 11) is -3.86. The molecule has 2 amide bonds. The normalized spacial score (nSPS) is 19.4. The molecule has 0 unspecified atom stereocenters. The number of amides is 2. The summed E-state index contributed by atoms with van der Waals surface area (Å²) in [6.07, 6.45) is 2.86. The van der Waals surface area contributed by atoms with Crippen molar-refractivity contribution in [3.8, 4) is 0 Å². The molecule has 2 aromatic rings. The van der Waals surface area contributed by atoms with E-state index < -0.39 is 14.9 Å². The lowest BCUT2D eigenvalue weighted by atomic mass is 9.95. The van der Waals surface area contributed by atoms with E-state index in [4.69, 9.17) is 0 Å². The number of carbonyl (C=O) groups excluding carboxylic acids is 2. The lowest BCUT2D eigenvalue weighted by Crippen LogP contribution is -2.41. The molecule has 35 heavy (non-hydrogen) atoms. The Bertz CT molecular complexity index is 1260. The molecule has 10 nitrogen and oxygen atoms in total. The van der Waals surface area contributed by atoms with Crippen molar-refractivity contribution < 1.29 is 22.9 Å². The van der Waals surface area contributed by atoms with Gasteiger partial charge in [0.25, 0.3) is 17.5 Å². The molecule has 0 N–H and O–H groups in total. The summed E-state index contributed by atoms with van der Waals surface area (Å²) in [5, 5.41) is 11.4. The Morgan fingerprint density at radius 1 is 0.914 bits per heavy atom. The zero-order chi connectivity index (χ0) is 24.7.